The summed E-state index contributed by atoms with van der Waals surface area (Å²) in [6, 6.07) is 0. The summed E-state index contributed by atoms with van der Waals surface area (Å²) in [5.74, 6) is 1.26. The van der Waals surface area contributed by atoms with Crippen molar-refractivity contribution in [2.24, 2.45) is 0 Å². The third-order valence-electron chi connectivity index (χ3n) is 1.98. The lowest BCUT2D eigenvalue weighted by atomic mass is 9.96. The lowest BCUT2D eigenvalue weighted by Crippen LogP contribution is -2.09. The van der Waals surface area contributed by atoms with Crippen molar-refractivity contribution < 1.29 is 0 Å². The Balaban J connectivity index is 2.25. The predicted octanol–water partition coefficient (Wildman–Crippen LogP) is 3.24. The first-order valence-electron chi connectivity index (χ1n) is 4.11. The molecule has 0 aromatic carbocycles. The highest BCUT2D eigenvalue weighted by molar-refractivity contribution is 7.99. The molecule has 0 heterocycles. The van der Waals surface area contributed by atoms with Crippen LogP contribution in [0.2, 0.25) is 0 Å². The van der Waals surface area contributed by atoms with Crippen LogP contribution in [0.25, 0.3) is 0 Å². The standard InChI is InChI=1S/C9H16S/c1-3-10-9-6-4-5-8(2)7-9/h9H,2-7H2,1H3. The molecule has 1 aliphatic rings. The number of allylic oxidation sites excluding steroid dienone is 1. The molecule has 58 valence electrons. The summed E-state index contributed by atoms with van der Waals surface area (Å²) in [5.41, 5.74) is 1.47. The van der Waals surface area contributed by atoms with Crippen LogP contribution in [-0.4, -0.2) is 11.0 Å². The minimum Gasteiger partial charge on any atom is -0.159 e. The number of hydrogen-bond donors (Lipinski definition) is 0. The highest BCUT2D eigenvalue weighted by atomic mass is 32.2. The molecule has 1 heteroatoms. The molecule has 1 atom stereocenters. The molecule has 1 rings (SSSR count). The molecule has 0 radical (unpaired) electrons. The molecule has 0 amide bonds. The van der Waals surface area contributed by atoms with Crippen molar-refractivity contribution in [2.75, 3.05) is 5.75 Å². The molecule has 0 bridgehead atoms. The van der Waals surface area contributed by atoms with Gasteiger partial charge in [-0.1, -0.05) is 19.1 Å². The van der Waals surface area contributed by atoms with Crippen molar-refractivity contribution in [3.63, 3.8) is 0 Å². The molecule has 1 saturated carbocycles. The fraction of sp³-hybridized carbons (Fsp3) is 0.778. The van der Waals surface area contributed by atoms with Gasteiger partial charge in [0.2, 0.25) is 0 Å². The molecule has 0 aromatic rings. The van der Waals surface area contributed by atoms with Gasteiger partial charge >= 0.3 is 0 Å². The van der Waals surface area contributed by atoms with Gasteiger partial charge in [-0.3, -0.25) is 0 Å². The zero-order chi connectivity index (χ0) is 7.40. The van der Waals surface area contributed by atoms with Gasteiger partial charge in [0, 0.05) is 5.25 Å². The molecule has 0 spiro atoms. The Kier molecular flexibility index (Phi) is 3.33. The fourth-order valence-electron chi connectivity index (χ4n) is 1.48. The number of rotatable bonds is 2. The molecule has 0 nitrogen and oxygen atoms in total. The van der Waals surface area contributed by atoms with Crippen LogP contribution in [0.1, 0.15) is 32.6 Å². The lowest BCUT2D eigenvalue weighted by molar-refractivity contribution is 0.615. The first-order valence-corrected chi connectivity index (χ1v) is 5.16. The van der Waals surface area contributed by atoms with Gasteiger partial charge in [0.15, 0.2) is 0 Å². The zero-order valence-corrected chi connectivity index (χ0v) is 7.54. The van der Waals surface area contributed by atoms with E-state index in [1.54, 1.807) is 0 Å². The van der Waals surface area contributed by atoms with Crippen LogP contribution in [0, 0.1) is 0 Å². The molecule has 0 aromatic heterocycles. The van der Waals surface area contributed by atoms with E-state index < -0.39 is 0 Å². The Morgan fingerprint density at radius 2 is 2.50 bits per heavy atom. The maximum atomic E-state index is 4.03. The highest BCUT2D eigenvalue weighted by Crippen LogP contribution is 2.30. The van der Waals surface area contributed by atoms with Gasteiger partial charge in [0.1, 0.15) is 0 Å². The van der Waals surface area contributed by atoms with E-state index in [4.69, 9.17) is 0 Å². The second-order valence-corrected chi connectivity index (χ2v) is 4.50. The van der Waals surface area contributed by atoms with E-state index >= 15 is 0 Å². The maximum absolute atomic E-state index is 4.03. The van der Waals surface area contributed by atoms with Crippen LogP contribution in [0.15, 0.2) is 12.2 Å². The predicted molar refractivity (Wildman–Crippen MR) is 49.5 cm³/mol. The zero-order valence-electron chi connectivity index (χ0n) is 6.73. The summed E-state index contributed by atoms with van der Waals surface area (Å²) in [6.45, 7) is 6.27. The summed E-state index contributed by atoms with van der Waals surface area (Å²) < 4.78 is 0. The van der Waals surface area contributed by atoms with Crippen molar-refractivity contribution in [1.29, 1.82) is 0 Å². The molecular weight excluding hydrogens is 140 g/mol. The molecular formula is C9H16S. The van der Waals surface area contributed by atoms with Crippen LogP contribution < -0.4 is 0 Å². The number of thioether (sulfide) groups is 1. The first-order chi connectivity index (χ1) is 4.83. The molecule has 1 aliphatic carbocycles. The van der Waals surface area contributed by atoms with Crippen LogP contribution in [0.5, 0.6) is 0 Å². The average molecular weight is 156 g/mol. The average Bonchev–Trinajstić information content (AvgIpc) is 1.88. The second kappa shape index (κ2) is 4.07. The smallest absolute Gasteiger partial charge is 0.00841 e. The van der Waals surface area contributed by atoms with E-state index in [0.717, 1.165) is 5.25 Å². The van der Waals surface area contributed by atoms with Crippen molar-refractivity contribution in [3.8, 4) is 0 Å². The Morgan fingerprint density at radius 3 is 3.10 bits per heavy atom. The van der Waals surface area contributed by atoms with Crippen molar-refractivity contribution in [1.82, 2.24) is 0 Å². The Labute approximate surface area is 68.1 Å². The summed E-state index contributed by atoms with van der Waals surface area (Å²) in [6.07, 6.45) is 5.34. The maximum Gasteiger partial charge on any atom is 0.00841 e. The molecule has 0 saturated heterocycles. The van der Waals surface area contributed by atoms with E-state index in [1.807, 2.05) is 0 Å². The molecule has 1 fully saturated rings. The SMILES string of the molecule is C=C1CCCC(SCC)C1. The molecule has 10 heavy (non-hydrogen) atoms. The van der Waals surface area contributed by atoms with Crippen molar-refractivity contribution >= 4 is 11.8 Å². The largest absolute Gasteiger partial charge is 0.159 e. The van der Waals surface area contributed by atoms with Crippen molar-refractivity contribution in [2.45, 2.75) is 37.9 Å². The van der Waals surface area contributed by atoms with Crippen molar-refractivity contribution in [3.05, 3.63) is 12.2 Å². The van der Waals surface area contributed by atoms with Gasteiger partial charge in [-0.25, -0.2) is 0 Å². The summed E-state index contributed by atoms with van der Waals surface area (Å²) in [5, 5.41) is 0.895. The molecule has 0 aliphatic heterocycles. The van der Waals surface area contributed by atoms with Gasteiger partial charge in [-0.15, -0.1) is 0 Å². The summed E-state index contributed by atoms with van der Waals surface area (Å²) >= 11 is 2.10. The van der Waals surface area contributed by atoms with Crippen LogP contribution in [0.4, 0.5) is 0 Å². The van der Waals surface area contributed by atoms with E-state index in [1.165, 1.54) is 37.0 Å². The fourth-order valence-corrected chi connectivity index (χ4v) is 2.64. The van der Waals surface area contributed by atoms with Gasteiger partial charge < -0.3 is 0 Å². The number of hydrogen-bond acceptors (Lipinski definition) is 1. The van der Waals surface area contributed by atoms with Crippen LogP contribution >= 0.6 is 11.8 Å². The highest BCUT2D eigenvalue weighted by Gasteiger charge is 2.14. The normalized spacial score (nSPS) is 26.9. The third kappa shape index (κ3) is 2.37. The van der Waals surface area contributed by atoms with Crippen LogP contribution in [0.3, 0.4) is 0 Å². The van der Waals surface area contributed by atoms with E-state index in [2.05, 4.69) is 25.3 Å². The minimum absolute atomic E-state index is 0.895. The topological polar surface area (TPSA) is 0 Å². The molecule has 0 N–H and O–H groups in total. The van der Waals surface area contributed by atoms with E-state index in [9.17, 15) is 0 Å². The Bertz CT molecular complexity index is 116. The van der Waals surface area contributed by atoms with Crippen LogP contribution in [-0.2, 0) is 0 Å². The minimum atomic E-state index is 0.895. The monoisotopic (exact) mass is 156 g/mol. The van der Waals surface area contributed by atoms with Gasteiger partial charge in [0.05, 0.1) is 0 Å². The summed E-state index contributed by atoms with van der Waals surface area (Å²) in [7, 11) is 0. The quantitative estimate of drug-likeness (QED) is 0.553. The van der Waals surface area contributed by atoms with Gasteiger partial charge in [-0.2, -0.15) is 11.8 Å². The van der Waals surface area contributed by atoms with E-state index in [-0.39, 0.29) is 0 Å². The Hall–Kier alpha value is 0.0900. The van der Waals surface area contributed by atoms with Gasteiger partial charge in [-0.05, 0) is 31.4 Å². The summed E-state index contributed by atoms with van der Waals surface area (Å²) in [4.78, 5) is 0. The third-order valence-corrected chi connectivity index (χ3v) is 3.18. The second-order valence-electron chi connectivity index (χ2n) is 2.92. The first kappa shape index (κ1) is 8.19. The Morgan fingerprint density at radius 1 is 1.70 bits per heavy atom. The van der Waals surface area contributed by atoms with Gasteiger partial charge in [0.25, 0.3) is 0 Å². The lowest BCUT2D eigenvalue weighted by Gasteiger charge is -2.22. The molecule has 1 unspecified atom stereocenters. The van der Waals surface area contributed by atoms with E-state index in [0.29, 0.717) is 0 Å².